The van der Waals surface area contributed by atoms with Gasteiger partial charge in [0.25, 0.3) is 0 Å². The summed E-state index contributed by atoms with van der Waals surface area (Å²) in [5.74, 6) is 0.272. The largest absolute Gasteiger partial charge is 0.440 e. The fourth-order valence-electron chi connectivity index (χ4n) is 2.34. The Bertz CT molecular complexity index is 1060. The molecule has 0 bridgehead atoms. The summed E-state index contributed by atoms with van der Waals surface area (Å²) in [5.41, 5.74) is 1.12. The van der Waals surface area contributed by atoms with Crippen LogP contribution in [0.25, 0.3) is 22.2 Å². The van der Waals surface area contributed by atoms with E-state index in [4.69, 9.17) is 8.83 Å². The molecule has 0 aliphatic rings. The zero-order valence-electron chi connectivity index (χ0n) is 13.1. The van der Waals surface area contributed by atoms with Crippen LogP contribution in [0.1, 0.15) is 11.5 Å². The number of hydrogen-bond donors (Lipinski definition) is 0. The van der Waals surface area contributed by atoms with E-state index in [1.54, 1.807) is 6.92 Å². The molecule has 0 amide bonds. The van der Waals surface area contributed by atoms with Crippen molar-refractivity contribution >= 4 is 11.3 Å². The fraction of sp³-hybridized carbons (Fsp3) is 0.118. The lowest BCUT2D eigenvalue weighted by Crippen LogP contribution is -2.17. The summed E-state index contributed by atoms with van der Waals surface area (Å²) in [5, 5.41) is 6.09. The Hall–Kier alpha value is -3.00. The maximum atomic E-state index is 13.0. The van der Waals surface area contributed by atoms with Crippen LogP contribution in [0.2, 0.25) is 0 Å². The van der Waals surface area contributed by atoms with Gasteiger partial charge in [-0.25, -0.2) is 14.2 Å². The Balaban J connectivity index is 1.63. The fourth-order valence-corrected chi connectivity index (χ4v) is 2.99. The minimum Gasteiger partial charge on any atom is -0.440 e. The van der Waals surface area contributed by atoms with E-state index in [-0.39, 0.29) is 18.3 Å². The Morgan fingerprint density at radius 1 is 1.16 bits per heavy atom. The number of halogens is 1. The number of rotatable bonds is 4. The third-order valence-electron chi connectivity index (χ3n) is 3.62. The summed E-state index contributed by atoms with van der Waals surface area (Å²) < 4.78 is 25.0. The van der Waals surface area contributed by atoms with E-state index in [0.29, 0.717) is 22.9 Å². The summed E-state index contributed by atoms with van der Waals surface area (Å²) in [4.78, 5) is 17.4. The van der Waals surface area contributed by atoms with E-state index < -0.39 is 5.76 Å². The molecule has 0 spiro atoms. The number of hydrogen-bond acceptors (Lipinski definition) is 6. The minimum atomic E-state index is -0.612. The molecule has 0 fully saturated rings. The lowest BCUT2D eigenvalue weighted by atomic mass is 10.2. The number of aromatic nitrogens is 3. The highest BCUT2D eigenvalue weighted by atomic mass is 32.1. The van der Waals surface area contributed by atoms with Gasteiger partial charge in [-0.15, -0.1) is 16.4 Å². The molecule has 126 valence electrons. The van der Waals surface area contributed by atoms with Gasteiger partial charge in [0.2, 0.25) is 11.8 Å². The predicted octanol–water partition coefficient (Wildman–Crippen LogP) is 3.72. The van der Waals surface area contributed by atoms with E-state index in [0.717, 1.165) is 4.88 Å². The van der Waals surface area contributed by atoms with Crippen LogP contribution in [0.5, 0.6) is 0 Å². The van der Waals surface area contributed by atoms with E-state index in [1.807, 2.05) is 17.5 Å². The highest BCUT2D eigenvalue weighted by molar-refractivity contribution is 7.13. The molecule has 0 unspecified atom stereocenters. The standard InChI is InChI=1S/C17H12FN3O3S/c1-10-13(19-16(23-10)14-3-2-8-25-14)9-21-17(22)24-15(20-21)11-4-6-12(18)7-5-11/h2-8H,9H2,1H3. The summed E-state index contributed by atoms with van der Waals surface area (Å²) in [6.45, 7) is 1.91. The zero-order chi connectivity index (χ0) is 17.4. The molecule has 4 rings (SSSR count). The second kappa shape index (κ2) is 6.14. The van der Waals surface area contributed by atoms with Gasteiger partial charge in [-0.2, -0.15) is 4.68 Å². The molecule has 0 saturated carbocycles. The van der Waals surface area contributed by atoms with Crippen LogP contribution in [0, 0.1) is 12.7 Å². The first kappa shape index (κ1) is 15.5. The van der Waals surface area contributed by atoms with Crippen molar-refractivity contribution in [2.45, 2.75) is 13.5 Å². The molecule has 0 radical (unpaired) electrons. The third-order valence-corrected chi connectivity index (χ3v) is 4.48. The van der Waals surface area contributed by atoms with Crippen LogP contribution < -0.4 is 5.76 Å². The van der Waals surface area contributed by atoms with Gasteiger partial charge < -0.3 is 8.83 Å². The molecule has 0 aliphatic carbocycles. The summed E-state index contributed by atoms with van der Waals surface area (Å²) >= 11 is 1.52. The molecule has 3 heterocycles. The molecule has 1 aromatic carbocycles. The molecule has 0 saturated heterocycles. The van der Waals surface area contributed by atoms with Gasteiger partial charge in [-0.05, 0) is 42.6 Å². The van der Waals surface area contributed by atoms with Crippen molar-refractivity contribution in [1.82, 2.24) is 14.8 Å². The van der Waals surface area contributed by atoms with Crippen LogP contribution in [-0.4, -0.2) is 14.8 Å². The van der Waals surface area contributed by atoms with Gasteiger partial charge in [0.1, 0.15) is 17.3 Å². The number of benzene rings is 1. The number of aryl methyl sites for hydroxylation is 1. The van der Waals surface area contributed by atoms with E-state index in [9.17, 15) is 9.18 Å². The smallest absolute Gasteiger partial charge is 0.437 e. The van der Waals surface area contributed by atoms with Crippen LogP contribution in [0.4, 0.5) is 4.39 Å². The second-order valence-corrected chi connectivity index (χ2v) is 6.28. The number of nitrogens with zero attached hydrogens (tertiary/aromatic N) is 3. The van der Waals surface area contributed by atoms with Gasteiger partial charge >= 0.3 is 5.76 Å². The van der Waals surface area contributed by atoms with Crippen LogP contribution >= 0.6 is 11.3 Å². The molecule has 0 atom stereocenters. The summed E-state index contributed by atoms with van der Waals surface area (Å²) in [6, 6.07) is 9.39. The van der Waals surface area contributed by atoms with Crippen LogP contribution in [-0.2, 0) is 6.54 Å². The average molecular weight is 357 g/mol. The molecule has 8 heteroatoms. The monoisotopic (exact) mass is 357 g/mol. The molecule has 0 N–H and O–H groups in total. The van der Waals surface area contributed by atoms with Gasteiger partial charge in [-0.1, -0.05) is 6.07 Å². The maximum Gasteiger partial charge on any atom is 0.437 e. The van der Waals surface area contributed by atoms with Crippen molar-refractivity contribution in [2.24, 2.45) is 0 Å². The Morgan fingerprint density at radius 3 is 2.68 bits per heavy atom. The quantitative estimate of drug-likeness (QED) is 0.556. The van der Waals surface area contributed by atoms with Crippen molar-refractivity contribution in [3.05, 3.63) is 69.6 Å². The normalized spacial score (nSPS) is 11.1. The van der Waals surface area contributed by atoms with Crippen molar-refractivity contribution in [1.29, 1.82) is 0 Å². The lowest BCUT2D eigenvalue weighted by molar-refractivity contribution is 0.490. The molecule has 25 heavy (non-hydrogen) atoms. The molecule has 3 aromatic heterocycles. The van der Waals surface area contributed by atoms with Crippen molar-refractivity contribution in [3.8, 4) is 22.2 Å². The first-order valence-electron chi connectivity index (χ1n) is 7.44. The maximum absolute atomic E-state index is 13.0. The minimum absolute atomic E-state index is 0.129. The molecular formula is C17H12FN3O3S. The average Bonchev–Trinajstić information content (AvgIpc) is 3.31. The second-order valence-electron chi connectivity index (χ2n) is 5.34. The molecule has 6 nitrogen and oxygen atoms in total. The number of oxazole rings is 1. The van der Waals surface area contributed by atoms with Gasteiger partial charge in [0.15, 0.2) is 0 Å². The molecule has 4 aromatic rings. The van der Waals surface area contributed by atoms with E-state index >= 15 is 0 Å². The first-order chi connectivity index (χ1) is 12.1. The Kier molecular flexibility index (Phi) is 3.81. The van der Waals surface area contributed by atoms with E-state index in [1.165, 1.54) is 40.3 Å². The van der Waals surface area contributed by atoms with Crippen LogP contribution in [0.3, 0.4) is 0 Å². The zero-order valence-corrected chi connectivity index (χ0v) is 13.9. The van der Waals surface area contributed by atoms with E-state index in [2.05, 4.69) is 10.1 Å². The van der Waals surface area contributed by atoms with Gasteiger partial charge in [-0.3, -0.25) is 0 Å². The topological polar surface area (TPSA) is 74.1 Å². The highest BCUT2D eigenvalue weighted by Gasteiger charge is 2.16. The first-order valence-corrected chi connectivity index (χ1v) is 8.32. The summed E-state index contributed by atoms with van der Waals surface area (Å²) in [6.07, 6.45) is 0. The lowest BCUT2D eigenvalue weighted by Gasteiger charge is -1.95. The van der Waals surface area contributed by atoms with Crippen molar-refractivity contribution in [3.63, 3.8) is 0 Å². The third kappa shape index (κ3) is 3.03. The Labute approximate surface area is 145 Å². The van der Waals surface area contributed by atoms with Crippen molar-refractivity contribution in [2.75, 3.05) is 0 Å². The predicted molar refractivity (Wildman–Crippen MR) is 89.8 cm³/mol. The summed E-state index contributed by atoms with van der Waals surface area (Å²) in [7, 11) is 0. The van der Waals surface area contributed by atoms with Crippen LogP contribution in [0.15, 0.2) is 55.4 Å². The SMILES string of the molecule is Cc1oc(-c2cccs2)nc1Cn1nc(-c2ccc(F)cc2)oc1=O. The van der Waals surface area contributed by atoms with Gasteiger partial charge in [0.05, 0.1) is 11.4 Å². The van der Waals surface area contributed by atoms with Gasteiger partial charge in [0, 0.05) is 5.56 Å². The Morgan fingerprint density at radius 2 is 1.96 bits per heavy atom. The number of thiophene rings is 1. The van der Waals surface area contributed by atoms with Crippen molar-refractivity contribution < 1.29 is 13.2 Å². The highest BCUT2D eigenvalue weighted by Crippen LogP contribution is 2.26. The molecular weight excluding hydrogens is 345 g/mol. The molecule has 0 aliphatic heterocycles.